The van der Waals surface area contributed by atoms with E-state index in [0.29, 0.717) is 28.4 Å². The summed E-state index contributed by atoms with van der Waals surface area (Å²) >= 11 is 5.80. The Morgan fingerprint density at radius 2 is 2.00 bits per heavy atom. The van der Waals surface area contributed by atoms with Gasteiger partial charge in [0, 0.05) is 29.3 Å². The molecule has 0 amide bonds. The predicted molar refractivity (Wildman–Crippen MR) is 81.4 cm³/mol. The number of carbonyl (C=O) groups is 1. The lowest BCUT2D eigenvalue weighted by atomic mass is 9.91. The Bertz CT molecular complexity index is 714. The molecule has 1 aliphatic carbocycles. The van der Waals surface area contributed by atoms with Gasteiger partial charge in [0.1, 0.15) is 11.6 Å². The van der Waals surface area contributed by atoms with Crippen LogP contribution in [0.15, 0.2) is 30.6 Å². The molecule has 0 unspecified atom stereocenters. The van der Waals surface area contributed by atoms with Crippen molar-refractivity contribution in [3.8, 4) is 0 Å². The minimum Gasteiger partial charge on any atom is -0.324 e. The summed E-state index contributed by atoms with van der Waals surface area (Å²) in [5.74, 6) is 0.108. The Labute approximate surface area is 132 Å². The normalized spacial score (nSPS) is 15.6. The van der Waals surface area contributed by atoms with E-state index >= 15 is 0 Å². The van der Waals surface area contributed by atoms with Crippen molar-refractivity contribution in [1.82, 2.24) is 9.97 Å². The highest BCUT2D eigenvalue weighted by Crippen LogP contribution is 2.51. The standard InChI is InChI=1S/C16H15ClFN3O/c17-11-1-2-12(13(18)5-11)16(3-4-16)6-15-20-8-10(9-21-15)14(22)7-19/h1-2,5,8-9H,3-4,6-7,19H2. The molecule has 0 aliphatic heterocycles. The molecular weight excluding hydrogens is 305 g/mol. The number of halogens is 2. The molecule has 2 N–H and O–H groups in total. The number of ketones is 1. The van der Waals surface area contributed by atoms with Gasteiger partial charge in [0.2, 0.25) is 0 Å². The van der Waals surface area contributed by atoms with Crippen molar-refractivity contribution in [3.05, 3.63) is 58.4 Å². The SMILES string of the molecule is NCC(=O)c1cnc(CC2(c3ccc(Cl)cc3F)CC2)nc1. The van der Waals surface area contributed by atoms with E-state index in [-0.39, 0.29) is 23.6 Å². The minimum absolute atomic E-state index is 0.0668. The Hall–Kier alpha value is -1.85. The first-order valence-electron chi connectivity index (χ1n) is 7.04. The zero-order valence-electron chi connectivity index (χ0n) is 11.9. The number of aromatic nitrogens is 2. The van der Waals surface area contributed by atoms with Crippen molar-refractivity contribution >= 4 is 17.4 Å². The molecule has 0 radical (unpaired) electrons. The number of Topliss-reactive ketones (excluding diaryl/α,β-unsaturated/α-hetero) is 1. The quantitative estimate of drug-likeness (QED) is 0.860. The van der Waals surface area contributed by atoms with E-state index in [1.807, 2.05) is 0 Å². The van der Waals surface area contributed by atoms with Gasteiger partial charge in [-0.2, -0.15) is 0 Å². The van der Waals surface area contributed by atoms with Crippen molar-refractivity contribution in [2.24, 2.45) is 5.73 Å². The second-order valence-corrected chi connectivity index (χ2v) is 6.03. The second kappa shape index (κ2) is 5.74. The Morgan fingerprint density at radius 1 is 1.32 bits per heavy atom. The third-order valence-electron chi connectivity index (χ3n) is 4.07. The van der Waals surface area contributed by atoms with Crippen LogP contribution in [0.3, 0.4) is 0 Å². The highest BCUT2D eigenvalue weighted by Gasteiger charge is 2.46. The summed E-state index contributed by atoms with van der Waals surface area (Å²) in [6.07, 6.45) is 5.27. The van der Waals surface area contributed by atoms with E-state index in [0.717, 1.165) is 12.8 Å². The fourth-order valence-corrected chi connectivity index (χ4v) is 2.78. The van der Waals surface area contributed by atoms with Crippen molar-refractivity contribution in [2.45, 2.75) is 24.7 Å². The molecule has 0 bridgehead atoms. The van der Waals surface area contributed by atoms with E-state index in [9.17, 15) is 9.18 Å². The van der Waals surface area contributed by atoms with Crippen LogP contribution in [0.2, 0.25) is 5.02 Å². The molecular formula is C16H15ClFN3O. The maximum Gasteiger partial charge on any atom is 0.179 e. The molecule has 1 aromatic heterocycles. The first-order chi connectivity index (χ1) is 10.5. The summed E-state index contributed by atoms with van der Waals surface area (Å²) in [4.78, 5) is 19.9. The van der Waals surface area contributed by atoms with Gasteiger partial charge in [-0.3, -0.25) is 4.79 Å². The minimum atomic E-state index is -0.292. The van der Waals surface area contributed by atoms with Crippen molar-refractivity contribution in [2.75, 3.05) is 6.54 Å². The molecule has 1 heterocycles. The Balaban J connectivity index is 1.81. The molecule has 1 aliphatic rings. The molecule has 114 valence electrons. The lowest BCUT2D eigenvalue weighted by Gasteiger charge is -2.16. The molecule has 0 spiro atoms. The largest absolute Gasteiger partial charge is 0.324 e. The Kier molecular flexibility index (Phi) is 3.93. The topological polar surface area (TPSA) is 68.9 Å². The predicted octanol–water partition coefficient (Wildman–Crippen LogP) is 2.68. The first-order valence-corrected chi connectivity index (χ1v) is 7.42. The van der Waals surface area contributed by atoms with Gasteiger partial charge in [0.15, 0.2) is 5.78 Å². The van der Waals surface area contributed by atoms with Crippen LogP contribution in [0.1, 0.15) is 34.6 Å². The summed E-state index contributed by atoms with van der Waals surface area (Å²) in [5.41, 5.74) is 6.10. The van der Waals surface area contributed by atoms with E-state index in [1.54, 1.807) is 12.1 Å². The van der Waals surface area contributed by atoms with Gasteiger partial charge in [-0.1, -0.05) is 17.7 Å². The Morgan fingerprint density at radius 3 is 2.55 bits per heavy atom. The van der Waals surface area contributed by atoms with Crippen LogP contribution in [-0.2, 0) is 11.8 Å². The van der Waals surface area contributed by atoms with Crippen LogP contribution in [0, 0.1) is 5.82 Å². The van der Waals surface area contributed by atoms with Gasteiger partial charge in [0.05, 0.1) is 12.1 Å². The van der Waals surface area contributed by atoms with Gasteiger partial charge in [-0.25, -0.2) is 14.4 Å². The van der Waals surface area contributed by atoms with Crippen molar-refractivity contribution < 1.29 is 9.18 Å². The zero-order valence-corrected chi connectivity index (χ0v) is 12.6. The van der Waals surface area contributed by atoms with E-state index < -0.39 is 0 Å². The molecule has 0 saturated heterocycles. The van der Waals surface area contributed by atoms with Gasteiger partial charge in [-0.05, 0) is 30.5 Å². The van der Waals surface area contributed by atoms with Crippen LogP contribution in [0.5, 0.6) is 0 Å². The maximum atomic E-state index is 14.1. The van der Waals surface area contributed by atoms with Crippen LogP contribution < -0.4 is 5.73 Å². The smallest absolute Gasteiger partial charge is 0.179 e. The third-order valence-corrected chi connectivity index (χ3v) is 4.30. The van der Waals surface area contributed by atoms with Gasteiger partial charge in [0.25, 0.3) is 0 Å². The summed E-state index contributed by atoms with van der Waals surface area (Å²) in [7, 11) is 0. The summed E-state index contributed by atoms with van der Waals surface area (Å²) in [6.45, 7) is -0.0668. The number of nitrogens with zero attached hydrogens (tertiary/aromatic N) is 2. The monoisotopic (exact) mass is 319 g/mol. The molecule has 3 rings (SSSR count). The van der Waals surface area contributed by atoms with Crippen molar-refractivity contribution in [1.29, 1.82) is 0 Å². The van der Waals surface area contributed by atoms with E-state index in [1.165, 1.54) is 18.5 Å². The lowest BCUT2D eigenvalue weighted by molar-refractivity contribution is 0.100. The highest BCUT2D eigenvalue weighted by atomic mass is 35.5. The first kappa shape index (κ1) is 15.1. The van der Waals surface area contributed by atoms with Gasteiger partial charge in [-0.15, -0.1) is 0 Å². The molecule has 4 nitrogen and oxygen atoms in total. The number of benzene rings is 1. The third kappa shape index (κ3) is 2.87. The number of nitrogens with two attached hydrogens (primary N) is 1. The van der Waals surface area contributed by atoms with Gasteiger partial charge < -0.3 is 5.73 Å². The van der Waals surface area contributed by atoms with E-state index in [2.05, 4.69) is 9.97 Å². The average molecular weight is 320 g/mol. The lowest BCUT2D eigenvalue weighted by Crippen LogP contribution is -2.17. The molecule has 2 aromatic rings. The van der Waals surface area contributed by atoms with Crippen LogP contribution in [-0.4, -0.2) is 22.3 Å². The van der Waals surface area contributed by atoms with E-state index in [4.69, 9.17) is 17.3 Å². The molecule has 1 fully saturated rings. The summed E-state index contributed by atoms with van der Waals surface area (Å²) < 4.78 is 14.1. The van der Waals surface area contributed by atoms with Crippen LogP contribution >= 0.6 is 11.6 Å². The zero-order chi connectivity index (χ0) is 15.7. The molecule has 1 saturated carbocycles. The maximum absolute atomic E-state index is 14.1. The highest BCUT2D eigenvalue weighted by molar-refractivity contribution is 6.30. The number of rotatable bonds is 5. The van der Waals surface area contributed by atoms with Crippen LogP contribution in [0.4, 0.5) is 4.39 Å². The molecule has 6 heteroatoms. The summed E-state index contributed by atoms with van der Waals surface area (Å²) in [5, 5.41) is 0.387. The number of carbonyl (C=O) groups excluding carboxylic acids is 1. The summed E-state index contributed by atoms with van der Waals surface area (Å²) in [6, 6.07) is 4.77. The average Bonchev–Trinajstić information content (AvgIpc) is 3.27. The molecule has 1 aromatic carbocycles. The van der Waals surface area contributed by atoms with Crippen LogP contribution in [0.25, 0.3) is 0 Å². The number of hydrogen-bond acceptors (Lipinski definition) is 4. The fraction of sp³-hybridized carbons (Fsp3) is 0.312. The van der Waals surface area contributed by atoms with Gasteiger partial charge >= 0.3 is 0 Å². The molecule has 22 heavy (non-hydrogen) atoms. The molecule has 0 atom stereocenters. The van der Waals surface area contributed by atoms with Crippen molar-refractivity contribution in [3.63, 3.8) is 0 Å². The fourth-order valence-electron chi connectivity index (χ4n) is 2.62. The number of hydrogen-bond donors (Lipinski definition) is 1. The second-order valence-electron chi connectivity index (χ2n) is 5.60.